The summed E-state index contributed by atoms with van der Waals surface area (Å²) in [5.41, 5.74) is 10.4. The molecular weight excluding hydrogens is 262 g/mol. The molecule has 0 aliphatic rings. The summed E-state index contributed by atoms with van der Waals surface area (Å²) in [5, 5.41) is 4.44. The Labute approximate surface area is 126 Å². The average molecular weight is 287 g/mol. The first kappa shape index (κ1) is 15.7. The van der Waals surface area contributed by atoms with Crippen LogP contribution in [0.25, 0.3) is 0 Å². The van der Waals surface area contributed by atoms with Crippen LogP contribution < -0.4 is 5.73 Å². The molecule has 2 rings (SSSR count). The molecule has 2 aromatic rings. The normalized spacial score (nSPS) is 12.9. The van der Waals surface area contributed by atoms with E-state index in [4.69, 9.17) is 5.73 Å². The van der Waals surface area contributed by atoms with Crippen LogP contribution in [0.2, 0.25) is 0 Å². The standard InChI is InChI=1S/C16H25N5/c1-5-21(10-14-8-6-7-12(2)18-14)16(9-17)15-11-20(4)19-13(15)3/h6-8,11,16H,5,9-10,17H2,1-4H3. The van der Waals surface area contributed by atoms with Crippen molar-refractivity contribution in [1.29, 1.82) is 0 Å². The van der Waals surface area contributed by atoms with Gasteiger partial charge in [0.1, 0.15) is 0 Å². The summed E-state index contributed by atoms with van der Waals surface area (Å²) in [5.74, 6) is 0. The zero-order valence-corrected chi connectivity index (χ0v) is 13.4. The van der Waals surface area contributed by atoms with Gasteiger partial charge in [-0.1, -0.05) is 13.0 Å². The highest BCUT2D eigenvalue weighted by Crippen LogP contribution is 2.23. The lowest BCUT2D eigenvalue weighted by Gasteiger charge is -2.29. The minimum absolute atomic E-state index is 0.172. The molecule has 0 saturated carbocycles. The molecule has 0 radical (unpaired) electrons. The molecule has 2 heterocycles. The van der Waals surface area contributed by atoms with Gasteiger partial charge in [-0.3, -0.25) is 14.6 Å². The van der Waals surface area contributed by atoms with Gasteiger partial charge < -0.3 is 5.73 Å². The largest absolute Gasteiger partial charge is 0.329 e. The van der Waals surface area contributed by atoms with Gasteiger partial charge in [-0.2, -0.15) is 5.10 Å². The number of nitrogens with two attached hydrogens (primary N) is 1. The van der Waals surface area contributed by atoms with Crippen molar-refractivity contribution in [3.8, 4) is 0 Å². The number of rotatable bonds is 6. The first-order valence-corrected chi connectivity index (χ1v) is 7.42. The van der Waals surface area contributed by atoms with Crippen LogP contribution in [-0.4, -0.2) is 32.8 Å². The fraction of sp³-hybridized carbons (Fsp3) is 0.500. The Morgan fingerprint density at radius 2 is 2.10 bits per heavy atom. The molecule has 2 aromatic heterocycles. The number of hydrogen-bond acceptors (Lipinski definition) is 4. The van der Waals surface area contributed by atoms with Crippen LogP contribution in [0.3, 0.4) is 0 Å². The van der Waals surface area contributed by atoms with Gasteiger partial charge >= 0.3 is 0 Å². The Morgan fingerprint density at radius 3 is 2.62 bits per heavy atom. The van der Waals surface area contributed by atoms with Crippen molar-refractivity contribution in [2.24, 2.45) is 12.8 Å². The van der Waals surface area contributed by atoms with Crippen LogP contribution in [-0.2, 0) is 13.6 Å². The Balaban J connectivity index is 2.23. The first-order chi connectivity index (χ1) is 10.0. The lowest BCUT2D eigenvalue weighted by molar-refractivity contribution is 0.200. The average Bonchev–Trinajstić information content (AvgIpc) is 2.77. The minimum Gasteiger partial charge on any atom is -0.329 e. The highest BCUT2D eigenvalue weighted by atomic mass is 15.3. The van der Waals surface area contributed by atoms with Crippen molar-refractivity contribution in [3.63, 3.8) is 0 Å². The second-order valence-corrected chi connectivity index (χ2v) is 5.43. The van der Waals surface area contributed by atoms with Gasteiger partial charge in [0.2, 0.25) is 0 Å². The first-order valence-electron chi connectivity index (χ1n) is 7.42. The third kappa shape index (κ3) is 3.68. The maximum Gasteiger partial charge on any atom is 0.0641 e. The zero-order valence-electron chi connectivity index (χ0n) is 13.4. The second kappa shape index (κ2) is 6.83. The van der Waals surface area contributed by atoms with E-state index in [-0.39, 0.29) is 6.04 Å². The number of hydrogen-bond donors (Lipinski definition) is 1. The van der Waals surface area contributed by atoms with Gasteiger partial charge in [0.25, 0.3) is 0 Å². The van der Waals surface area contributed by atoms with Gasteiger partial charge in [-0.05, 0) is 32.5 Å². The zero-order chi connectivity index (χ0) is 15.4. The highest BCUT2D eigenvalue weighted by Gasteiger charge is 2.22. The SMILES string of the molecule is CCN(Cc1cccc(C)n1)C(CN)c1cn(C)nc1C. The van der Waals surface area contributed by atoms with E-state index in [0.29, 0.717) is 6.54 Å². The molecule has 0 saturated heterocycles. The van der Waals surface area contributed by atoms with E-state index in [1.54, 1.807) is 0 Å². The van der Waals surface area contributed by atoms with E-state index in [2.05, 4.69) is 40.2 Å². The van der Waals surface area contributed by atoms with Crippen molar-refractivity contribution in [3.05, 3.63) is 47.0 Å². The van der Waals surface area contributed by atoms with Gasteiger partial charge in [0.05, 0.1) is 17.4 Å². The second-order valence-electron chi connectivity index (χ2n) is 5.43. The molecule has 0 fully saturated rings. The molecule has 2 N–H and O–H groups in total. The fourth-order valence-electron chi connectivity index (χ4n) is 2.76. The monoisotopic (exact) mass is 287 g/mol. The van der Waals surface area contributed by atoms with Crippen molar-refractivity contribution in [2.45, 2.75) is 33.4 Å². The molecule has 21 heavy (non-hydrogen) atoms. The summed E-state index contributed by atoms with van der Waals surface area (Å²) in [4.78, 5) is 6.95. The molecule has 114 valence electrons. The smallest absolute Gasteiger partial charge is 0.0641 e. The molecule has 0 amide bonds. The summed E-state index contributed by atoms with van der Waals surface area (Å²) in [7, 11) is 1.95. The number of aryl methyl sites for hydroxylation is 3. The van der Waals surface area contributed by atoms with E-state index in [1.165, 1.54) is 5.56 Å². The van der Waals surface area contributed by atoms with E-state index in [1.807, 2.05) is 31.6 Å². The number of nitrogens with zero attached hydrogens (tertiary/aromatic N) is 4. The molecule has 0 spiro atoms. The molecule has 0 bridgehead atoms. The molecule has 1 unspecified atom stereocenters. The Bertz CT molecular complexity index is 590. The third-order valence-corrected chi connectivity index (χ3v) is 3.79. The predicted octanol–water partition coefficient (Wildman–Crippen LogP) is 1.95. The quantitative estimate of drug-likeness (QED) is 0.882. The molecular formula is C16H25N5. The maximum atomic E-state index is 6.04. The van der Waals surface area contributed by atoms with Gasteiger partial charge in [0, 0.05) is 37.6 Å². The van der Waals surface area contributed by atoms with E-state index in [0.717, 1.165) is 30.2 Å². The summed E-state index contributed by atoms with van der Waals surface area (Å²) in [6.45, 7) is 8.51. The van der Waals surface area contributed by atoms with Crippen molar-refractivity contribution in [2.75, 3.05) is 13.1 Å². The fourth-order valence-corrected chi connectivity index (χ4v) is 2.76. The third-order valence-electron chi connectivity index (χ3n) is 3.79. The topological polar surface area (TPSA) is 60.0 Å². The summed E-state index contributed by atoms with van der Waals surface area (Å²) >= 11 is 0. The van der Waals surface area contributed by atoms with Crippen LogP contribution >= 0.6 is 0 Å². The lowest BCUT2D eigenvalue weighted by atomic mass is 10.1. The molecule has 0 aliphatic carbocycles. The number of aromatic nitrogens is 3. The van der Waals surface area contributed by atoms with Crippen LogP contribution in [0.4, 0.5) is 0 Å². The van der Waals surface area contributed by atoms with Crippen molar-refractivity contribution in [1.82, 2.24) is 19.7 Å². The Kier molecular flexibility index (Phi) is 5.09. The summed E-state index contributed by atoms with van der Waals surface area (Å²) in [6.07, 6.45) is 2.07. The molecule has 1 atom stereocenters. The molecule has 5 heteroatoms. The molecule has 5 nitrogen and oxygen atoms in total. The lowest BCUT2D eigenvalue weighted by Crippen LogP contribution is -2.33. The van der Waals surface area contributed by atoms with Gasteiger partial charge in [-0.25, -0.2) is 0 Å². The van der Waals surface area contributed by atoms with Crippen LogP contribution in [0, 0.1) is 13.8 Å². The van der Waals surface area contributed by atoms with Crippen LogP contribution in [0.5, 0.6) is 0 Å². The maximum absolute atomic E-state index is 6.04. The number of pyridine rings is 1. The van der Waals surface area contributed by atoms with Crippen molar-refractivity contribution < 1.29 is 0 Å². The van der Waals surface area contributed by atoms with Crippen molar-refractivity contribution >= 4 is 0 Å². The Morgan fingerprint density at radius 1 is 1.33 bits per heavy atom. The highest BCUT2D eigenvalue weighted by molar-refractivity contribution is 5.21. The molecule has 0 aliphatic heterocycles. The van der Waals surface area contributed by atoms with Crippen LogP contribution in [0.1, 0.15) is 35.6 Å². The summed E-state index contributed by atoms with van der Waals surface area (Å²) in [6, 6.07) is 6.31. The molecule has 0 aromatic carbocycles. The van der Waals surface area contributed by atoms with E-state index in [9.17, 15) is 0 Å². The van der Waals surface area contributed by atoms with E-state index < -0.39 is 0 Å². The predicted molar refractivity (Wildman–Crippen MR) is 84.8 cm³/mol. The summed E-state index contributed by atoms with van der Waals surface area (Å²) < 4.78 is 1.85. The number of likely N-dealkylation sites (N-methyl/N-ethyl adjacent to an activating group) is 1. The van der Waals surface area contributed by atoms with Gasteiger partial charge in [-0.15, -0.1) is 0 Å². The van der Waals surface area contributed by atoms with E-state index >= 15 is 0 Å². The van der Waals surface area contributed by atoms with Crippen LogP contribution in [0.15, 0.2) is 24.4 Å². The Hall–Kier alpha value is -1.72. The minimum atomic E-state index is 0.172. The van der Waals surface area contributed by atoms with Gasteiger partial charge in [0.15, 0.2) is 0 Å².